The SMILES string of the molecule is C=CC(C)c1ccc(C2=CC[C@]3(C)CN([C@H](C)C(CCC)(CCC)c4ccccc4)CC=C3C2(C)C)cc1. The Labute approximate surface area is 233 Å². The lowest BCUT2D eigenvalue weighted by Gasteiger charge is -2.54. The highest BCUT2D eigenvalue weighted by atomic mass is 15.2. The minimum atomic E-state index is 0.0251. The monoisotopic (exact) mass is 509 g/mol. The number of fused-ring (bicyclic) bond motifs is 1. The van der Waals surface area contributed by atoms with Crippen LogP contribution in [0, 0.1) is 10.8 Å². The van der Waals surface area contributed by atoms with Crippen LogP contribution in [-0.2, 0) is 5.41 Å². The minimum Gasteiger partial charge on any atom is -0.295 e. The smallest absolute Gasteiger partial charge is 0.0169 e. The van der Waals surface area contributed by atoms with Crippen LogP contribution in [0.2, 0.25) is 0 Å². The summed E-state index contributed by atoms with van der Waals surface area (Å²) in [6, 6.07) is 21.1. The van der Waals surface area contributed by atoms with Gasteiger partial charge < -0.3 is 0 Å². The topological polar surface area (TPSA) is 3.24 Å². The molecule has 38 heavy (non-hydrogen) atoms. The fourth-order valence-corrected chi connectivity index (χ4v) is 7.93. The van der Waals surface area contributed by atoms with Crippen LogP contribution >= 0.6 is 0 Å². The first-order valence-electron chi connectivity index (χ1n) is 15.1. The second-order valence-electron chi connectivity index (χ2n) is 12.9. The highest BCUT2D eigenvalue weighted by molar-refractivity contribution is 5.75. The Morgan fingerprint density at radius 2 is 1.55 bits per heavy atom. The van der Waals surface area contributed by atoms with E-state index in [4.69, 9.17) is 0 Å². The molecule has 1 heteroatoms. The molecule has 0 N–H and O–H groups in total. The van der Waals surface area contributed by atoms with Crippen molar-refractivity contribution in [2.75, 3.05) is 13.1 Å². The fourth-order valence-electron chi connectivity index (χ4n) is 7.93. The molecule has 2 aromatic carbocycles. The van der Waals surface area contributed by atoms with Crippen molar-refractivity contribution in [3.05, 3.63) is 102 Å². The first kappa shape index (κ1) is 28.6. The van der Waals surface area contributed by atoms with Crippen LogP contribution < -0.4 is 0 Å². The van der Waals surface area contributed by atoms with Crippen molar-refractivity contribution >= 4 is 5.57 Å². The van der Waals surface area contributed by atoms with Gasteiger partial charge in [-0.05, 0) is 54.4 Å². The zero-order chi connectivity index (χ0) is 27.6. The summed E-state index contributed by atoms with van der Waals surface area (Å²) in [7, 11) is 0. The molecule has 0 bridgehead atoms. The Hall–Kier alpha value is -2.38. The lowest BCUT2D eigenvalue weighted by Crippen LogP contribution is -2.55. The molecule has 3 atom stereocenters. The summed E-state index contributed by atoms with van der Waals surface area (Å²) in [5.41, 5.74) is 7.73. The maximum absolute atomic E-state index is 3.97. The molecule has 0 spiro atoms. The summed E-state index contributed by atoms with van der Waals surface area (Å²) < 4.78 is 0. The highest BCUT2D eigenvalue weighted by Crippen LogP contribution is 2.56. The van der Waals surface area contributed by atoms with E-state index >= 15 is 0 Å². The van der Waals surface area contributed by atoms with E-state index in [9.17, 15) is 0 Å². The van der Waals surface area contributed by atoms with Crippen molar-refractivity contribution in [2.24, 2.45) is 10.8 Å². The van der Waals surface area contributed by atoms with Gasteiger partial charge in [0.2, 0.25) is 0 Å². The molecule has 0 amide bonds. The number of nitrogens with zero attached hydrogens (tertiary/aromatic N) is 1. The van der Waals surface area contributed by atoms with Crippen molar-refractivity contribution < 1.29 is 0 Å². The molecule has 2 aromatic rings. The van der Waals surface area contributed by atoms with E-state index in [-0.39, 0.29) is 16.2 Å². The molecule has 0 radical (unpaired) electrons. The molecule has 1 aliphatic carbocycles. The average Bonchev–Trinajstić information content (AvgIpc) is 2.92. The summed E-state index contributed by atoms with van der Waals surface area (Å²) in [6.07, 6.45) is 13.2. The van der Waals surface area contributed by atoms with Crippen molar-refractivity contribution in [3.8, 4) is 0 Å². The fraction of sp³-hybridized carbons (Fsp3) is 0.514. The van der Waals surface area contributed by atoms with Crippen LogP contribution in [0.3, 0.4) is 0 Å². The molecule has 1 nitrogen and oxygen atoms in total. The summed E-state index contributed by atoms with van der Waals surface area (Å²) in [6.45, 7) is 23.0. The van der Waals surface area contributed by atoms with Crippen LogP contribution in [0.15, 0.2) is 85.0 Å². The molecule has 2 aliphatic rings. The highest BCUT2D eigenvalue weighted by Gasteiger charge is 2.48. The Kier molecular flexibility index (Phi) is 8.58. The third-order valence-corrected chi connectivity index (χ3v) is 10.0. The lowest BCUT2D eigenvalue weighted by molar-refractivity contribution is 0.0734. The van der Waals surface area contributed by atoms with Gasteiger partial charge in [0, 0.05) is 35.4 Å². The van der Waals surface area contributed by atoms with E-state index in [0.29, 0.717) is 12.0 Å². The molecule has 0 saturated carbocycles. The summed E-state index contributed by atoms with van der Waals surface area (Å²) in [5, 5.41) is 0. The molecule has 1 heterocycles. The first-order valence-corrected chi connectivity index (χ1v) is 15.1. The van der Waals surface area contributed by atoms with Gasteiger partial charge in [-0.25, -0.2) is 0 Å². The second-order valence-corrected chi connectivity index (χ2v) is 12.9. The summed E-state index contributed by atoms with van der Waals surface area (Å²) in [5.74, 6) is 0.387. The van der Waals surface area contributed by atoms with Crippen LogP contribution in [0.25, 0.3) is 5.57 Å². The molecule has 0 aromatic heterocycles. The van der Waals surface area contributed by atoms with E-state index in [0.717, 1.165) is 19.5 Å². The van der Waals surface area contributed by atoms with E-state index in [1.54, 1.807) is 5.57 Å². The third kappa shape index (κ3) is 5.12. The van der Waals surface area contributed by atoms with E-state index in [1.165, 1.54) is 47.9 Å². The molecule has 0 saturated heterocycles. The maximum Gasteiger partial charge on any atom is 0.0169 e. The van der Waals surface area contributed by atoms with Crippen LogP contribution in [0.4, 0.5) is 0 Å². The van der Waals surface area contributed by atoms with Gasteiger partial charge in [-0.2, -0.15) is 0 Å². The Morgan fingerprint density at radius 3 is 2.13 bits per heavy atom. The summed E-state index contributed by atoms with van der Waals surface area (Å²) >= 11 is 0. The second kappa shape index (κ2) is 11.4. The van der Waals surface area contributed by atoms with E-state index < -0.39 is 0 Å². The van der Waals surface area contributed by atoms with Crippen molar-refractivity contribution in [3.63, 3.8) is 0 Å². The number of hydrogen-bond donors (Lipinski definition) is 0. The van der Waals surface area contributed by atoms with Gasteiger partial charge in [-0.3, -0.25) is 4.90 Å². The Morgan fingerprint density at radius 1 is 0.921 bits per heavy atom. The first-order chi connectivity index (χ1) is 18.1. The molecule has 0 fully saturated rings. The number of benzene rings is 2. The predicted molar refractivity (Wildman–Crippen MR) is 167 cm³/mol. The van der Waals surface area contributed by atoms with E-state index in [2.05, 4.69) is 127 Å². The Balaban J connectivity index is 1.64. The van der Waals surface area contributed by atoms with Gasteiger partial charge in [0.1, 0.15) is 0 Å². The lowest BCUT2D eigenvalue weighted by atomic mass is 9.57. The molecule has 1 unspecified atom stereocenters. The van der Waals surface area contributed by atoms with Gasteiger partial charge in [-0.1, -0.05) is 133 Å². The minimum absolute atomic E-state index is 0.0251. The van der Waals surface area contributed by atoms with Gasteiger partial charge in [-0.15, -0.1) is 6.58 Å². The molecule has 1 aliphatic heterocycles. The van der Waals surface area contributed by atoms with Crippen molar-refractivity contribution in [1.29, 1.82) is 0 Å². The van der Waals surface area contributed by atoms with Gasteiger partial charge in [0.05, 0.1) is 0 Å². The van der Waals surface area contributed by atoms with Gasteiger partial charge in [0.25, 0.3) is 0 Å². The standard InChI is InChI=1S/C37H51N/c1-9-23-37(24-10-2,32-15-13-12-14-16-32)29(5)38-26-22-34-35(6,7)33(21-25-36(34,8)27-38)31-19-17-30(18-20-31)28(4)11-3/h11-22,28-29H,3,9-10,23-27H2,1-2,4-8H3/t28?,29-,36-/m1/s1. The largest absolute Gasteiger partial charge is 0.295 e. The molecular formula is C37H51N. The zero-order valence-electron chi connectivity index (χ0n) is 25.2. The van der Waals surface area contributed by atoms with E-state index in [1.807, 2.05) is 6.08 Å². The van der Waals surface area contributed by atoms with Crippen LogP contribution in [-0.4, -0.2) is 24.0 Å². The van der Waals surface area contributed by atoms with Crippen molar-refractivity contribution in [1.82, 2.24) is 4.90 Å². The molecular weight excluding hydrogens is 458 g/mol. The summed E-state index contributed by atoms with van der Waals surface area (Å²) in [4.78, 5) is 2.81. The van der Waals surface area contributed by atoms with Crippen molar-refractivity contribution in [2.45, 2.75) is 97.9 Å². The molecule has 4 rings (SSSR count). The number of rotatable bonds is 10. The third-order valence-electron chi connectivity index (χ3n) is 10.0. The number of allylic oxidation sites excluding steroid dienone is 3. The average molecular weight is 510 g/mol. The van der Waals surface area contributed by atoms with Gasteiger partial charge >= 0.3 is 0 Å². The Bertz CT molecular complexity index is 1140. The quantitative estimate of drug-likeness (QED) is 0.288. The molecule has 204 valence electrons. The van der Waals surface area contributed by atoms with Gasteiger partial charge in [0.15, 0.2) is 0 Å². The van der Waals surface area contributed by atoms with Crippen LogP contribution in [0.1, 0.15) is 103 Å². The zero-order valence-corrected chi connectivity index (χ0v) is 25.2. The maximum atomic E-state index is 3.97. The normalized spacial score (nSPS) is 23.1. The number of hydrogen-bond acceptors (Lipinski definition) is 1. The predicted octanol–water partition coefficient (Wildman–Crippen LogP) is 9.96. The van der Waals surface area contributed by atoms with Crippen LogP contribution in [0.5, 0.6) is 0 Å².